The van der Waals surface area contributed by atoms with E-state index < -0.39 is 0 Å². The Bertz CT molecular complexity index is 5150. The van der Waals surface area contributed by atoms with Gasteiger partial charge in [0.05, 0.1) is 6.07 Å². The average molecular weight is 1550 g/mol. The summed E-state index contributed by atoms with van der Waals surface area (Å²) in [6.07, 6.45) is 0. The Morgan fingerprint density at radius 1 is 0.267 bits per heavy atom. The van der Waals surface area contributed by atoms with Crippen molar-refractivity contribution in [3.8, 4) is 50.6 Å². The van der Waals surface area contributed by atoms with E-state index in [-0.39, 0.29) is 43.8 Å². The highest BCUT2D eigenvalue weighted by Crippen LogP contribution is 2.49. The molecule has 0 saturated carbocycles. The lowest BCUT2D eigenvalue weighted by Gasteiger charge is -2.37. The molecule has 14 rings (SSSR count). The minimum absolute atomic E-state index is 0.0481. The van der Waals surface area contributed by atoms with Gasteiger partial charge in [-0.05, 0) is 301 Å². The zero-order chi connectivity index (χ0) is 86.5. The van der Waals surface area contributed by atoms with E-state index in [1.54, 1.807) is 0 Å². The highest BCUT2D eigenvalue weighted by atomic mass is 15.2. The Labute approximate surface area is 703 Å². The molecular weight excluding hydrogens is 1410 g/mol. The van der Waals surface area contributed by atoms with Gasteiger partial charge in [-0.25, -0.2) is 0 Å². The monoisotopic (exact) mass is 1550 g/mol. The van der Waals surface area contributed by atoms with Crippen LogP contribution in [-0.2, 0) is 27.3 Å². The van der Waals surface area contributed by atoms with E-state index in [0.717, 1.165) is 5.92 Å². The summed E-state index contributed by atoms with van der Waals surface area (Å²) in [6.45, 7) is 66.3. The summed E-state index contributed by atoms with van der Waals surface area (Å²) in [7, 11) is 6.29. The molecule has 0 amide bonds. The molecule has 2 aromatic heterocycles. The number of benzene rings is 11. The molecule has 0 radical (unpaired) electrons. The Morgan fingerprint density at radius 2 is 0.509 bits per heavy atom. The summed E-state index contributed by atoms with van der Waals surface area (Å²) in [5.74, 6) is 0.833. The number of aromatic nitrogens is 2. The molecule has 1 aliphatic rings. The van der Waals surface area contributed by atoms with Crippen LogP contribution in [0, 0.1) is 22.7 Å². The second-order valence-electron chi connectivity index (χ2n) is 41.1. The maximum absolute atomic E-state index is 8.15. The zero-order valence-electron chi connectivity index (χ0n) is 77.7. The summed E-state index contributed by atoms with van der Waals surface area (Å²) in [4.78, 5) is 6.81. The van der Waals surface area contributed by atoms with Crippen molar-refractivity contribution in [1.82, 2.24) is 14.0 Å². The van der Waals surface area contributed by atoms with Gasteiger partial charge in [0.15, 0.2) is 0 Å². The number of hydrogen-bond donors (Lipinski definition) is 0. The first-order chi connectivity index (χ1) is 53.8. The zero-order valence-corrected chi connectivity index (χ0v) is 77.7. The van der Waals surface area contributed by atoms with Gasteiger partial charge in [-0.3, -0.25) is 0 Å². The summed E-state index contributed by atoms with van der Waals surface area (Å²) >= 11 is 0. The molecular formula is C110H144N6. The minimum atomic E-state index is -0.153. The van der Waals surface area contributed by atoms with Crippen LogP contribution >= 0.6 is 0 Å². The maximum Gasteiger partial charge on any atom is 0.0680 e. The third-order valence-corrected chi connectivity index (χ3v) is 20.8. The first-order valence-corrected chi connectivity index (χ1v) is 42.1. The molecule has 11 aromatic carbocycles. The fourth-order valence-corrected chi connectivity index (χ4v) is 13.8. The molecule has 0 saturated heterocycles. The molecule has 0 aliphatic heterocycles. The first-order valence-electron chi connectivity index (χ1n) is 42.1. The Morgan fingerprint density at radius 3 is 0.776 bits per heavy atom. The Kier molecular flexibility index (Phi) is 30.5. The van der Waals surface area contributed by atoms with Gasteiger partial charge in [-0.1, -0.05) is 271 Å². The molecule has 13 aromatic rings. The fraction of sp³-hybridized carbons (Fsp3) is 0.391. The van der Waals surface area contributed by atoms with Crippen molar-refractivity contribution in [1.29, 1.82) is 5.26 Å². The summed E-state index contributed by atoms with van der Waals surface area (Å²) in [5.41, 5.74) is 24.7. The van der Waals surface area contributed by atoms with Crippen molar-refractivity contribution in [2.24, 2.45) is 11.3 Å². The summed E-state index contributed by atoms with van der Waals surface area (Å²) in [5, 5.41) is 13.6. The molecule has 614 valence electrons. The van der Waals surface area contributed by atoms with Gasteiger partial charge in [-0.15, -0.1) is 0 Å². The van der Waals surface area contributed by atoms with Gasteiger partial charge in [0, 0.05) is 101 Å². The second-order valence-corrected chi connectivity index (χ2v) is 41.1. The van der Waals surface area contributed by atoms with Crippen LogP contribution in [0.2, 0.25) is 0 Å². The fourth-order valence-electron chi connectivity index (χ4n) is 13.8. The number of hydrogen-bond acceptors (Lipinski definition) is 4. The molecule has 6 heteroatoms. The van der Waals surface area contributed by atoms with Crippen LogP contribution in [0.3, 0.4) is 0 Å². The quantitative estimate of drug-likeness (QED) is 0.177. The SMILES string of the molecule is CC(C)(C)C#N.CC(C)(C)N(c1ccccc1)c1ccccc1.CC(C)(C)c1ccc2c(c1)-c1ccccc1-c1ccccc1-c1ccccc1-2.CC(C)(C)c1ccc2c(c1)c1cc(C(C)(C)C)ccc1n2C(C)(C)C.CC(C)(C)n1c2ccccc2c2ccccc21.CC(C)C.CN(C)C(C)(C)C.CN(c1ccccc1)C(C)(C)C. The van der Waals surface area contributed by atoms with Crippen molar-refractivity contribution in [2.75, 3.05) is 30.9 Å². The van der Waals surface area contributed by atoms with E-state index >= 15 is 0 Å². The van der Waals surface area contributed by atoms with Gasteiger partial charge in [-0.2, -0.15) is 5.26 Å². The Balaban J connectivity index is 0.000000195. The van der Waals surface area contributed by atoms with E-state index in [4.69, 9.17) is 5.26 Å². The standard InChI is InChI=1S/C28H24.C24H33N.C16H17N.C16H19N.C11H17N.C6H15N.C5H9N.C4H10/c1-28(2,3)19-16-17-26-24-14-7-6-12-22(24)20-10-4-5-11-21(20)23-13-8-9-15-25(23)27(26)18-19;1-22(2,3)16-10-12-20-18(14-16)19-15-17(23(4,5)6)11-13-21(19)25(20)24(7,8)9;1-16(2,3)17-14-10-6-4-8-12(14)13-9-5-7-11-15(13)17;1-16(2,3)17(14-10-6-4-7-11-14)15-12-8-5-9-13-15;1-11(2,3)12(4)10-8-6-5-7-9-10;1-6(2,3)7(4)5;1-5(2,3)4-6;1-4(2)3/h4-18H,1-3H3;10-15H,1-9H3;4-11H,1-3H3;4-13H,1-3H3;5-9H,1-4H3;1-5H3;1-3H3;4H,1-3H3. The molecule has 0 N–H and O–H groups in total. The number of fused-ring (bicyclic) bond motifs is 14. The van der Waals surface area contributed by atoms with Gasteiger partial charge >= 0.3 is 0 Å². The predicted molar refractivity (Wildman–Crippen MR) is 515 cm³/mol. The van der Waals surface area contributed by atoms with Crippen molar-refractivity contribution < 1.29 is 0 Å². The lowest BCUT2D eigenvalue weighted by molar-refractivity contribution is 0.219. The second kappa shape index (κ2) is 38.0. The van der Waals surface area contributed by atoms with Crippen molar-refractivity contribution in [3.05, 3.63) is 284 Å². The number of para-hydroxylation sites is 5. The smallest absolute Gasteiger partial charge is 0.0680 e. The first kappa shape index (κ1) is 93.2. The van der Waals surface area contributed by atoms with Gasteiger partial charge in [0.2, 0.25) is 0 Å². The molecule has 2 heterocycles. The lowest BCUT2D eigenvalue weighted by atomic mass is 9.78. The van der Waals surface area contributed by atoms with Gasteiger partial charge in [0.1, 0.15) is 0 Å². The van der Waals surface area contributed by atoms with E-state index in [1.165, 1.54) is 122 Å². The number of nitriles is 1. The predicted octanol–water partition coefficient (Wildman–Crippen LogP) is 31.8. The molecule has 0 bridgehead atoms. The molecule has 0 atom stereocenters. The van der Waals surface area contributed by atoms with E-state index in [9.17, 15) is 0 Å². The molecule has 116 heavy (non-hydrogen) atoms. The minimum Gasteiger partial charge on any atom is -0.370 e. The largest absolute Gasteiger partial charge is 0.370 e. The summed E-state index contributed by atoms with van der Waals surface area (Å²) < 4.78 is 4.92. The van der Waals surface area contributed by atoms with Crippen molar-refractivity contribution in [2.45, 2.75) is 252 Å². The van der Waals surface area contributed by atoms with Crippen LogP contribution in [0.1, 0.15) is 224 Å². The third-order valence-electron chi connectivity index (χ3n) is 20.8. The topological polar surface area (TPSA) is 43.4 Å². The maximum atomic E-state index is 8.15. The molecule has 0 fully saturated rings. The van der Waals surface area contributed by atoms with Crippen LogP contribution in [0.25, 0.3) is 88.1 Å². The number of rotatable bonds is 3. The average Bonchev–Trinajstić information content (AvgIpc) is 1.60. The molecule has 0 unspecified atom stereocenters. The molecule has 6 nitrogen and oxygen atoms in total. The van der Waals surface area contributed by atoms with Crippen molar-refractivity contribution >= 4 is 60.7 Å². The van der Waals surface area contributed by atoms with Crippen LogP contribution < -0.4 is 9.80 Å². The normalized spacial score (nSPS) is 12.2. The van der Waals surface area contributed by atoms with Gasteiger partial charge in [0.25, 0.3) is 0 Å². The Hall–Kier alpha value is -9.93. The van der Waals surface area contributed by atoms with Gasteiger partial charge < -0.3 is 23.8 Å². The van der Waals surface area contributed by atoms with Crippen LogP contribution in [0.5, 0.6) is 0 Å². The number of nitrogens with zero attached hydrogens (tertiary/aromatic N) is 6. The highest BCUT2D eigenvalue weighted by molar-refractivity contribution is 6.10. The van der Waals surface area contributed by atoms with E-state index in [0.29, 0.717) is 5.54 Å². The van der Waals surface area contributed by atoms with Crippen LogP contribution in [-0.4, -0.2) is 51.8 Å². The van der Waals surface area contributed by atoms with Crippen LogP contribution in [0.4, 0.5) is 17.1 Å². The van der Waals surface area contributed by atoms with E-state index in [2.05, 4.69) is 499 Å². The molecule has 1 aliphatic carbocycles. The molecule has 0 spiro atoms. The lowest BCUT2D eigenvalue weighted by Crippen LogP contribution is -2.37. The number of anilines is 3. The highest BCUT2D eigenvalue weighted by Gasteiger charge is 2.28. The third kappa shape index (κ3) is 24.8. The van der Waals surface area contributed by atoms with E-state index in [1.807, 2.05) is 26.8 Å². The van der Waals surface area contributed by atoms with Crippen LogP contribution in [0.15, 0.2) is 267 Å². The summed E-state index contributed by atoms with van der Waals surface area (Å²) in [6, 6.07) is 98.4. The van der Waals surface area contributed by atoms with Crippen molar-refractivity contribution in [3.63, 3.8) is 0 Å².